The Kier molecular flexibility index (Phi) is 5.33. The molecule has 2 amide bonds. The number of nitrogens with zero attached hydrogens (tertiary/aromatic N) is 1. The van der Waals surface area contributed by atoms with E-state index in [0.29, 0.717) is 29.2 Å². The number of hydrogen-bond donors (Lipinski definition) is 1. The van der Waals surface area contributed by atoms with Crippen molar-refractivity contribution < 1.29 is 9.59 Å². The summed E-state index contributed by atoms with van der Waals surface area (Å²) in [7, 11) is 0. The summed E-state index contributed by atoms with van der Waals surface area (Å²) in [5, 5.41) is 4.75. The Hall–Kier alpha value is -2.14. The molecular formula is C17H20N2O2S. The van der Waals surface area contributed by atoms with Gasteiger partial charge in [-0.25, -0.2) is 0 Å². The smallest absolute Gasteiger partial charge is 0.265 e. The number of hydrogen-bond acceptors (Lipinski definition) is 3. The largest absolute Gasteiger partial charge is 0.339 e. The monoisotopic (exact) mass is 316 g/mol. The van der Waals surface area contributed by atoms with Crippen molar-refractivity contribution in [2.75, 3.05) is 18.4 Å². The number of nitrogens with one attached hydrogen (secondary N) is 1. The first-order chi connectivity index (χ1) is 10.6. The fraction of sp³-hybridized carbons (Fsp3) is 0.294. The van der Waals surface area contributed by atoms with E-state index in [2.05, 4.69) is 5.32 Å². The first kappa shape index (κ1) is 16.2. The van der Waals surface area contributed by atoms with Gasteiger partial charge in [-0.3, -0.25) is 9.59 Å². The van der Waals surface area contributed by atoms with Gasteiger partial charge < -0.3 is 10.2 Å². The fourth-order valence-corrected chi connectivity index (χ4v) is 3.04. The number of anilines is 1. The summed E-state index contributed by atoms with van der Waals surface area (Å²) < 4.78 is 0. The predicted molar refractivity (Wildman–Crippen MR) is 90.7 cm³/mol. The molecule has 1 aromatic carbocycles. The van der Waals surface area contributed by atoms with Crippen molar-refractivity contribution >= 4 is 28.8 Å². The van der Waals surface area contributed by atoms with Gasteiger partial charge in [0.2, 0.25) is 0 Å². The molecule has 0 bridgehead atoms. The van der Waals surface area contributed by atoms with Crippen LogP contribution in [0.25, 0.3) is 0 Å². The third-order valence-corrected chi connectivity index (χ3v) is 4.50. The highest BCUT2D eigenvalue weighted by Gasteiger charge is 2.14. The molecule has 116 valence electrons. The van der Waals surface area contributed by atoms with Crippen molar-refractivity contribution in [3.05, 3.63) is 51.7 Å². The molecular weight excluding hydrogens is 296 g/mol. The average Bonchev–Trinajstić information content (AvgIpc) is 2.95. The van der Waals surface area contributed by atoms with Gasteiger partial charge in [0.1, 0.15) is 0 Å². The van der Waals surface area contributed by atoms with E-state index in [1.807, 2.05) is 32.2 Å². The van der Waals surface area contributed by atoms with Gasteiger partial charge in [-0.15, -0.1) is 11.3 Å². The molecule has 22 heavy (non-hydrogen) atoms. The Morgan fingerprint density at radius 2 is 1.91 bits per heavy atom. The van der Waals surface area contributed by atoms with Gasteiger partial charge >= 0.3 is 0 Å². The molecule has 4 nitrogen and oxygen atoms in total. The first-order valence-corrected chi connectivity index (χ1v) is 8.19. The molecule has 0 saturated carbocycles. The van der Waals surface area contributed by atoms with Crippen LogP contribution in [-0.4, -0.2) is 29.8 Å². The van der Waals surface area contributed by atoms with Crippen molar-refractivity contribution in [1.29, 1.82) is 0 Å². The first-order valence-electron chi connectivity index (χ1n) is 7.31. The van der Waals surface area contributed by atoms with Crippen LogP contribution in [0.15, 0.2) is 35.7 Å². The van der Waals surface area contributed by atoms with Crippen molar-refractivity contribution in [3.8, 4) is 0 Å². The Balaban J connectivity index is 2.17. The van der Waals surface area contributed by atoms with E-state index in [1.165, 1.54) is 11.3 Å². The third-order valence-electron chi connectivity index (χ3n) is 3.49. The second kappa shape index (κ2) is 7.22. The van der Waals surface area contributed by atoms with Gasteiger partial charge in [0.05, 0.1) is 4.88 Å². The molecule has 0 unspecified atom stereocenters. The van der Waals surface area contributed by atoms with Crippen LogP contribution in [0.1, 0.15) is 39.4 Å². The minimum absolute atomic E-state index is 0.0200. The van der Waals surface area contributed by atoms with Crippen LogP contribution in [0.4, 0.5) is 5.69 Å². The van der Waals surface area contributed by atoms with E-state index >= 15 is 0 Å². The van der Waals surface area contributed by atoms with Crippen LogP contribution in [0.5, 0.6) is 0 Å². The van der Waals surface area contributed by atoms with E-state index in [-0.39, 0.29) is 11.8 Å². The number of benzene rings is 1. The lowest BCUT2D eigenvalue weighted by atomic mass is 10.1. The highest BCUT2D eigenvalue weighted by Crippen LogP contribution is 2.19. The number of rotatable bonds is 5. The molecule has 0 spiro atoms. The Bertz CT molecular complexity index is 675. The summed E-state index contributed by atoms with van der Waals surface area (Å²) in [4.78, 5) is 27.0. The lowest BCUT2D eigenvalue weighted by Crippen LogP contribution is -2.30. The van der Waals surface area contributed by atoms with E-state index in [1.54, 1.807) is 29.2 Å². The maximum absolute atomic E-state index is 12.3. The summed E-state index contributed by atoms with van der Waals surface area (Å²) >= 11 is 1.41. The van der Waals surface area contributed by atoms with Gasteiger partial charge in [-0.2, -0.15) is 0 Å². The van der Waals surface area contributed by atoms with Crippen LogP contribution in [0, 0.1) is 6.92 Å². The van der Waals surface area contributed by atoms with Crippen molar-refractivity contribution in [3.63, 3.8) is 0 Å². The molecule has 0 radical (unpaired) electrons. The number of aryl methyl sites for hydroxylation is 1. The average molecular weight is 316 g/mol. The molecule has 1 heterocycles. The molecule has 0 aliphatic carbocycles. The Morgan fingerprint density at radius 3 is 2.50 bits per heavy atom. The van der Waals surface area contributed by atoms with E-state index in [0.717, 1.165) is 5.56 Å². The number of thiophene rings is 1. The minimum atomic E-state index is -0.139. The molecule has 2 aromatic rings. The summed E-state index contributed by atoms with van der Waals surface area (Å²) in [6.07, 6.45) is 0. The Morgan fingerprint density at radius 1 is 1.18 bits per heavy atom. The van der Waals surface area contributed by atoms with Crippen molar-refractivity contribution in [1.82, 2.24) is 4.90 Å². The second-order valence-corrected chi connectivity index (χ2v) is 5.86. The second-order valence-electron chi connectivity index (χ2n) is 4.95. The molecule has 0 atom stereocenters. The van der Waals surface area contributed by atoms with E-state index < -0.39 is 0 Å². The quantitative estimate of drug-likeness (QED) is 0.912. The number of amides is 2. The molecule has 1 aromatic heterocycles. The fourth-order valence-electron chi connectivity index (χ4n) is 2.22. The van der Waals surface area contributed by atoms with Crippen LogP contribution in [0.3, 0.4) is 0 Å². The summed E-state index contributed by atoms with van der Waals surface area (Å²) in [6, 6.07) is 8.99. The van der Waals surface area contributed by atoms with Crippen LogP contribution in [0.2, 0.25) is 0 Å². The molecule has 0 aliphatic rings. The SMILES string of the molecule is CCN(CC)C(=O)c1cccc(NC(=O)c2sccc2C)c1. The van der Waals surface area contributed by atoms with E-state index in [9.17, 15) is 9.59 Å². The molecule has 0 saturated heterocycles. The lowest BCUT2D eigenvalue weighted by Gasteiger charge is -2.19. The lowest BCUT2D eigenvalue weighted by molar-refractivity contribution is 0.0772. The maximum atomic E-state index is 12.3. The number of carbonyl (C=O) groups excluding carboxylic acids is 2. The summed E-state index contributed by atoms with van der Waals surface area (Å²) in [5.41, 5.74) is 2.18. The van der Waals surface area contributed by atoms with Crippen LogP contribution in [-0.2, 0) is 0 Å². The van der Waals surface area contributed by atoms with Crippen LogP contribution < -0.4 is 5.32 Å². The Labute approximate surface area is 134 Å². The normalized spacial score (nSPS) is 10.3. The maximum Gasteiger partial charge on any atom is 0.265 e. The van der Waals surface area contributed by atoms with Crippen LogP contribution >= 0.6 is 11.3 Å². The molecule has 1 N–H and O–H groups in total. The zero-order chi connectivity index (χ0) is 16.1. The summed E-state index contributed by atoms with van der Waals surface area (Å²) in [5.74, 6) is -0.159. The topological polar surface area (TPSA) is 49.4 Å². The van der Waals surface area contributed by atoms with Gasteiger partial charge in [0.15, 0.2) is 0 Å². The molecule has 2 rings (SSSR count). The molecule has 0 aliphatic heterocycles. The van der Waals surface area contributed by atoms with E-state index in [4.69, 9.17) is 0 Å². The predicted octanol–water partition coefficient (Wildman–Crippen LogP) is 3.79. The van der Waals surface area contributed by atoms with Gasteiger partial charge in [0, 0.05) is 24.3 Å². The summed E-state index contributed by atoms with van der Waals surface area (Å²) in [6.45, 7) is 7.14. The highest BCUT2D eigenvalue weighted by molar-refractivity contribution is 7.12. The van der Waals surface area contributed by atoms with Crippen molar-refractivity contribution in [2.45, 2.75) is 20.8 Å². The number of carbonyl (C=O) groups is 2. The van der Waals surface area contributed by atoms with Gasteiger partial charge in [0.25, 0.3) is 11.8 Å². The minimum Gasteiger partial charge on any atom is -0.339 e. The third kappa shape index (κ3) is 3.54. The zero-order valence-corrected chi connectivity index (χ0v) is 13.9. The zero-order valence-electron chi connectivity index (χ0n) is 13.1. The standard InChI is InChI=1S/C17H20N2O2S/c1-4-19(5-2)17(21)13-7-6-8-14(11-13)18-16(20)15-12(3)9-10-22-15/h6-11H,4-5H2,1-3H3,(H,18,20). The molecule has 0 fully saturated rings. The van der Waals surface area contributed by atoms with Gasteiger partial charge in [-0.1, -0.05) is 6.07 Å². The molecule has 5 heteroatoms. The van der Waals surface area contributed by atoms with Gasteiger partial charge in [-0.05, 0) is 56.0 Å². The highest BCUT2D eigenvalue weighted by atomic mass is 32.1. The van der Waals surface area contributed by atoms with Crippen molar-refractivity contribution in [2.24, 2.45) is 0 Å².